The summed E-state index contributed by atoms with van der Waals surface area (Å²) >= 11 is 0. The molecule has 0 fully saturated rings. The van der Waals surface area contributed by atoms with Crippen molar-refractivity contribution in [2.45, 2.75) is 30.5 Å². The number of hydrogen-bond acceptors (Lipinski definition) is 3. The maximum atomic E-state index is 12.0. The molecule has 9 heteroatoms. The molecule has 0 aliphatic carbocycles. The third kappa shape index (κ3) is 3.81. The Hall–Kier alpha value is -1.09. The minimum atomic E-state index is -4.40. The van der Waals surface area contributed by atoms with Crippen molar-refractivity contribution >= 4 is 10.0 Å². The minimum absolute atomic E-state index is 0.193. The SMILES string of the molecule is CC(CC(F)(F)F)NS(=O)(=O)c1cn[nH]c1. The fraction of sp³-hybridized carbons (Fsp3) is 0.571. The quantitative estimate of drug-likeness (QED) is 0.846. The first kappa shape index (κ1) is 13.0. The van der Waals surface area contributed by atoms with Crippen molar-refractivity contribution in [3.8, 4) is 0 Å². The zero-order valence-electron chi connectivity index (χ0n) is 8.25. The number of aromatic nitrogens is 2. The fourth-order valence-corrected chi connectivity index (χ4v) is 2.26. The molecule has 1 unspecified atom stereocenters. The highest BCUT2D eigenvalue weighted by molar-refractivity contribution is 7.89. The maximum Gasteiger partial charge on any atom is 0.390 e. The Morgan fingerprint density at radius 3 is 2.62 bits per heavy atom. The highest BCUT2D eigenvalue weighted by atomic mass is 32.2. The van der Waals surface area contributed by atoms with E-state index in [9.17, 15) is 21.6 Å². The van der Waals surface area contributed by atoms with E-state index in [1.807, 2.05) is 4.72 Å². The molecule has 1 heterocycles. The standard InChI is InChI=1S/C7H10F3N3O2S/c1-5(2-7(8,9)10)13-16(14,15)6-3-11-12-4-6/h3-5,13H,2H2,1H3,(H,11,12). The Kier molecular flexibility index (Phi) is 3.58. The van der Waals surface area contributed by atoms with Gasteiger partial charge >= 0.3 is 6.18 Å². The molecule has 1 atom stereocenters. The van der Waals surface area contributed by atoms with Gasteiger partial charge in [0.2, 0.25) is 10.0 Å². The van der Waals surface area contributed by atoms with Crippen molar-refractivity contribution in [3.05, 3.63) is 12.4 Å². The number of H-pyrrole nitrogens is 1. The van der Waals surface area contributed by atoms with Gasteiger partial charge in [-0.2, -0.15) is 18.3 Å². The van der Waals surface area contributed by atoms with Crippen LogP contribution in [0.1, 0.15) is 13.3 Å². The highest BCUT2D eigenvalue weighted by Gasteiger charge is 2.32. The van der Waals surface area contributed by atoms with Crippen LogP contribution >= 0.6 is 0 Å². The molecule has 1 aromatic rings. The van der Waals surface area contributed by atoms with E-state index < -0.39 is 28.7 Å². The summed E-state index contributed by atoms with van der Waals surface area (Å²) < 4.78 is 60.7. The molecule has 2 N–H and O–H groups in total. The van der Waals surface area contributed by atoms with Gasteiger partial charge in [0.1, 0.15) is 4.90 Å². The Morgan fingerprint density at radius 1 is 1.56 bits per heavy atom. The van der Waals surface area contributed by atoms with Crippen LogP contribution < -0.4 is 4.72 Å². The third-order valence-electron chi connectivity index (χ3n) is 1.68. The topological polar surface area (TPSA) is 74.8 Å². The van der Waals surface area contributed by atoms with Crippen molar-refractivity contribution in [3.63, 3.8) is 0 Å². The number of alkyl halides is 3. The Labute approximate surface area is 90.1 Å². The number of hydrogen-bond donors (Lipinski definition) is 2. The van der Waals surface area contributed by atoms with Crippen LogP contribution in [0.3, 0.4) is 0 Å². The number of sulfonamides is 1. The lowest BCUT2D eigenvalue weighted by molar-refractivity contribution is -0.137. The van der Waals surface area contributed by atoms with Crippen LogP contribution in [-0.4, -0.2) is 30.8 Å². The zero-order chi connectivity index (χ0) is 12.4. The van der Waals surface area contributed by atoms with Gasteiger partial charge in [0.05, 0.1) is 12.6 Å². The first-order valence-electron chi connectivity index (χ1n) is 4.28. The molecule has 0 spiro atoms. The van der Waals surface area contributed by atoms with Crippen LogP contribution in [-0.2, 0) is 10.0 Å². The van der Waals surface area contributed by atoms with E-state index in [0.29, 0.717) is 0 Å². The zero-order valence-corrected chi connectivity index (χ0v) is 9.06. The predicted molar refractivity (Wildman–Crippen MR) is 49.0 cm³/mol. The Morgan fingerprint density at radius 2 is 2.19 bits per heavy atom. The molecule has 0 aliphatic heterocycles. The monoisotopic (exact) mass is 257 g/mol. The number of nitrogens with zero attached hydrogens (tertiary/aromatic N) is 1. The van der Waals surface area contributed by atoms with E-state index >= 15 is 0 Å². The molecule has 16 heavy (non-hydrogen) atoms. The van der Waals surface area contributed by atoms with Crippen LogP contribution in [0, 0.1) is 0 Å². The van der Waals surface area contributed by atoms with Gasteiger partial charge in [0.25, 0.3) is 0 Å². The summed E-state index contributed by atoms with van der Waals surface area (Å²) in [4.78, 5) is -0.193. The number of aromatic amines is 1. The van der Waals surface area contributed by atoms with Gasteiger partial charge in [-0.1, -0.05) is 0 Å². The molecule has 0 amide bonds. The summed E-state index contributed by atoms with van der Waals surface area (Å²) in [6.45, 7) is 1.14. The third-order valence-corrected chi connectivity index (χ3v) is 3.23. The summed E-state index contributed by atoms with van der Waals surface area (Å²) in [5.74, 6) is 0. The second kappa shape index (κ2) is 4.42. The second-order valence-corrected chi connectivity index (χ2v) is 4.99. The average molecular weight is 257 g/mol. The summed E-state index contributed by atoms with van der Waals surface area (Å²) in [7, 11) is -3.93. The Bertz CT molecular complexity index is 426. The van der Waals surface area contributed by atoms with Gasteiger partial charge in [-0.25, -0.2) is 13.1 Å². The number of nitrogens with one attached hydrogen (secondary N) is 2. The van der Waals surface area contributed by atoms with Gasteiger partial charge in [-0.3, -0.25) is 5.10 Å². The van der Waals surface area contributed by atoms with E-state index in [1.165, 1.54) is 0 Å². The summed E-state index contributed by atoms with van der Waals surface area (Å²) in [6, 6.07) is -1.22. The molecule has 0 radical (unpaired) electrons. The lowest BCUT2D eigenvalue weighted by Crippen LogP contribution is -2.35. The van der Waals surface area contributed by atoms with Crippen molar-refractivity contribution in [1.82, 2.24) is 14.9 Å². The Balaban J connectivity index is 2.68. The summed E-state index contributed by atoms with van der Waals surface area (Å²) in [5, 5.41) is 5.67. The molecule has 0 saturated carbocycles. The molecule has 0 bridgehead atoms. The predicted octanol–water partition coefficient (Wildman–Crippen LogP) is 1.03. The molecular weight excluding hydrogens is 247 g/mol. The van der Waals surface area contributed by atoms with E-state index in [1.54, 1.807) is 0 Å². The first-order valence-corrected chi connectivity index (χ1v) is 5.77. The molecule has 1 aromatic heterocycles. The van der Waals surface area contributed by atoms with Crippen molar-refractivity contribution in [2.24, 2.45) is 0 Å². The fourth-order valence-electron chi connectivity index (χ4n) is 1.11. The van der Waals surface area contributed by atoms with Gasteiger partial charge in [-0.15, -0.1) is 0 Å². The highest BCUT2D eigenvalue weighted by Crippen LogP contribution is 2.22. The van der Waals surface area contributed by atoms with Gasteiger partial charge in [-0.05, 0) is 6.92 Å². The van der Waals surface area contributed by atoms with Crippen LogP contribution in [0.4, 0.5) is 13.2 Å². The van der Waals surface area contributed by atoms with E-state index in [2.05, 4.69) is 10.2 Å². The van der Waals surface area contributed by atoms with Gasteiger partial charge < -0.3 is 0 Å². The van der Waals surface area contributed by atoms with Crippen molar-refractivity contribution in [2.75, 3.05) is 0 Å². The first-order chi connectivity index (χ1) is 7.21. The summed E-state index contributed by atoms with van der Waals surface area (Å²) in [5.41, 5.74) is 0. The smallest absolute Gasteiger partial charge is 0.284 e. The lowest BCUT2D eigenvalue weighted by atomic mass is 10.2. The van der Waals surface area contributed by atoms with Crippen molar-refractivity contribution < 1.29 is 21.6 Å². The molecule has 1 rings (SSSR count). The van der Waals surface area contributed by atoms with Crippen LogP contribution in [0.25, 0.3) is 0 Å². The maximum absolute atomic E-state index is 12.0. The van der Waals surface area contributed by atoms with Crippen LogP contribution in [0.2, 0.25) is 0 Å². The lowest BCUT2D eigenvalue weighted by Gasteiger charge is -2.14. The van der Waals surface area contributed by atoms with Crippen LogP contribution in [0.15, 0.2) is 17.3 Å². The number of halogens is 3. The van der Waals surface area contributed by atoms with E-state index in [-0.39, 0.29) is 4.90 Å². The second-order valence-electron chi connectivity index (χ2n) is 3.28. The molecular formula is C7H10F3N3O2S. The molecule has 5 nitrogen and oxygen atoms in total. The molecule has 92 valence electrons. The normalized spacial score (nSPS) is 15.0. The van der Waals surface area contributed by atoms with Gasteiger partial charge in [0.15, 0.2) is 0 Å². The summed E-state index contributed by atoms with van der Waals surface area (Å²) in [6.07, 6.45) is -3.52. The minimum Gasteiger partial charge on any atom is -0.284 e. The van der Waals surface area contributed by atoms with Gasteiger partial charge in [0, 0.05) is 12.2 Å². The average Bonchev–Trinajstić information content (AvgIpc) is 2.49. The molecule has 0 saturated heterocycles. The largest absolute Gasteiger partial charge is 0.390 e. The number of rotatable bonds is 4. The molecule has 0 aliphatic rings. The molecule has 0 aromatic carbocycles. The van der Waals surface area contributed by atoms with Crippen LogP contribution in [0.5, 0.6) is 0 Å². The van der Waals surface area contributed by atoms with E-state index in [4.69, 9.17) is 0 Å². The van der Waals surface area contributed by atoms with Crippen molar-refractivity contribution in [1.29, 1.82) is 0 Å². The van der Waals surface area contributed by atoms with E-state index in [0.717, 1.165) is 19.3 Å².